The van der Waals surface area contributed by atoms with Gasteiger partial charge in [0.1, 0.15) is 11.8 Å². The summed E-state index contributed by atoms with van der Waals surface area (Å²) in [7, 11) is -4.24. The molecule has 1 saturated heterocycles. The normalized spacial score (nSPS) is 20.1. The molecule has 0 radical (unpaired) electrons. The van der Waals surface area contributed by atoms with Crippen LogP contribution in [0.5, 0.6) is 0 Å². The number of nitrogens with one attached hydrogen (secondary N) is 1. The van der Waals surface area contributed by atoms with Crippen molar-refractivity contribution in [3.63, 3.8) is 0 Å². The molecule has 1 atom stereocenters. The molecule has 0 bridgehead atoms. The molecule has 8 heteroatoms. The van der Waals surface area contributed by atoms with E-state index in [2.05, 4.69) is 5.32 Å². The van der Waals surface area contributed by atoms with Gasteiger partial charge >= 0.3 is 0 Å². The van der Waals surface area contributed by atoms with Crippen molar-refractivity contribution >= 4 is 39.0 Å². The molecule has 1 fully saturated rings. The topological polar surface area (TPSA) is 86.7 Å². The molecule has 0 spiro atoms. The Hall–Kier alpha value is -1.51. The van der Waals surface area contributed by atoms with E-state index in [9.17, 15) is 13.2 Å². The van der Waals surface area contributed by atoms with Gasteiger partial charge in [-0.1, -0.05) is 18.2 Å². The summed E-state index contributed by atoms with van der Waals surface area (Å²) in [5.74, 6) is -1.20. The third kappa shape index (κ3) is 2.66. The van der Waals surface area contributed by atoms with Gasteiger partial charge in [0.05, 0.1) is 5.69 Å². The predicted octanol–water partition coefficient (Wildman–Crippen LogP) is 0.164. The Bertz CT molecular complexity index is 585. The highest BCUT2D eigenvalue weighted by molar-refractivity contribution is 7.85. The number of thiocarbonyl (C=S) groups is 1. The molecule has 6 nitrogen and oxygen atoms in total. The predicted molar refractivity (Wildman–Crippen MR) is 69.9 cm³/mol. The van der Waals surface area contributed by atoms with E-state index in [1.165, 1.54) is 4.90 Å². The summed E-state index contributed by atoms with van der Waals surface area (Å²) in [6.07, 6.45) is 0. The van der Waals surface area contributed by atoms with Crippen LogP contribution in [-0.4, -0.2) is 35.8 Å². The van der Waals surface area contributed by atoms with E-state index < -0.39 is 27.8 Å². The second kappa shape index (κ2) is 4.63. The summed E-state index contributed by atoms with van der Waals surface area (Å²) >= 11 is 4.98. The van der Waals surface area contributed by atoms with Gasteiger partial charge < -0.3 is 5.32 Å². The highest BCUT2D eigenvalue weighted by atomic mass is 32.2. The molecule has 1 aromatic rings. The third-order valence-electron chi connectivity index (χ3n) is 2.41. The van der Waals surface area contributed by atoms with Gasteiger partial charge in [0.25, 0.3) is 16.0 Å². The van der Waals surface area contributed by atoms with Crippen LogP contribution in [-0.2, 0) is 14.9 Å². The zero-order chi connectivity index (χ0) is 13.3. The van der Waals surface area contributed by atoms with Crippen LogP contribution in [0.2, 0.25) is 0 Å². The van der Waals surface area contributed by atoms with E-state index in [-0.39, 0.29) is 5.11 Å². The Balaban J connectivity index is 2.26. The largest absolute Gasteiger partial charge is 0.349 e. The maximum Gasteiger partial charge on any atom is 0.267 e. The van der Waals surface area contributed by atoms with Crippen molar-refractivity contribution in [1.82, 2.24) is 5.32 Å². The molecule has 96 valence electrons. The Morgan fingerprint density at radius 2 is 1.94 bits per heavy atom. The van der Waals surface area contributed by atoms with Gasteiger partial charge in [-0.05, 0) is 24.4 Å². The minimum absolute atomic E-state index is 0.125. The molecule has 1 aliphatic heterocycles. The van der Waals surface area contributed by atoms with Crippen LogP contribution in [0.15, 0.2) is 30.3 Å². The Morgan fingerprint density at radius 1 is 1.33 bits per heavy atom. The number of amides is 1. The lowest BCUT2D eigenvalue weighted by Gasteiger charge is -2.14. The number of benzene rings is 1. The van der Waals surface area contributed by atoms with E-state index >= 15 is 0 Å². The lowest BCUT2D eigenvalue weighted by atomic mass is 10.3. The monoisotopic (exact) mass is 286 g/mol. The fourth-order valence-corrected chi connectivity index (χ4v) is 2.66. The van der Waals surface area contributed by atoms with Crippen molar-refractivity contribution in [3.8, 4) is 0 Å². The number of hydrogen-bond acceptors (Lipinski definition) is 4. The van der Waals surface area contributed by atoms with Gasteiger partial charge in [0.15, 0.2) is 5.11 Å². The first-order chi connectivity index (χ1) is 8.38. The average Bonchev–Trinajstić information content (AvgIpc) is 2.53. The second-order valence-corrected chi connectivity index (χ2v) is 5.64. The molecule has 2 N–H and O–H groups in total. The lowest BCUT2D eigenvalue weighted by molar-refractivity contribution is -0.117. The van der Waals surface area contributed by atoms with Gasteiger partial charge in [-0.25, -0.2) is 0 Å². The summed E-state index contributed by atoms with van der Waals surface area (Å²) in [4.78, 5) is 13.2. The summed E-state index contributed by atoms with van der Waals surface area (Å²) < 4.78 is 30.3. The molecule has 1 heterocycles. The van der Waals surface area contributed by atoms with Crippen LogP contribution in [0.3, 0.4) is 0 Å². The molecule has 1 amide bonds. The molecule has 1 aromatic carbocycles. The van der Waals surface area contributed by atoms with Crippen LogP contribution in [0.1, 0.15) is 0 Å². The third-order valence-corrected chi connectivity index (χ3v) is 3.47. The standard InChI is InChI=1S/C10H10N2O4S2/c13-9-8(6-18(14,15)16)11-10(17)12(9)7-4-2-1-3-5-7/h1-5,8H,6H2,(H,11,17)(H,14,15,16)/t8-/m1/s1. The molecule has 0 aromatic heterocycles. The Morgan fingerprint density at radius 3 is 2.50 bits per heavy atom. The van der Waals surface area contributed by atoms with Crippen molar-refractivity contribution in [3.05, 3.63) is 30.3 Å². The maximum atomic E-state index is 12.0. The average molecular weight is 286 g/mol. The Kier molecular flexibility index (Phi) is 3.33. The summed E-state index contributed by atoms with van der Waals surface area (Å²) in [6.45, 7) is 0. The number of anilines is 1. The summed E-state index contributed by atoms with van der Waals surface area (Å²) in [5, 5.41) is 2.70. The number of hydrogen-bond donors (Lipinski definition) is 2. The zero-order valence-electron chi connectivity index (χ0n) is 9.11. The van der Waals surface area contributed by atoms with Crippen molar-refractivity contribution in [1.29, 1.82) is 0 Å². The van der Waals surface area contributed by atoms with E-state index in [0.717, 1.165) is 0 Å². The summed E-state index contributed by atoms with van der Waals surface area (Å²) in [5.41, 5.74) is 0.554. The molecular weight excluding hydrogens is 276 g/mol. The van der Waals surface area contributed by atoms with Gasteiger partial charge in [-0.3, -0.25) is 14.2 Å². The number of carbonyl (C=O) groups is 1. The van der Waals surface area contributed by atoms with E-state index in [1.807, 2.05) is 0 Å². The van der Waals surface area contributed by atoms with Crippen LogP contribution < -0.4 is 10.2 Å². The van der Waals surface area contributed by atoms with Gasteiger partial charge in [-0.15, -0.1) is 0 Å². The SMILES string of the molecule is O=C1[C@@H](CS(=O)(=O)O)NC(=S)N1c1ccccc1. The number of rotatable bonds is 3. The van der Waals surface area contributed by atoms with Crippen LogP contribution in [0.25, 0.3) is 0 Å². The highest BCUT2D eigenvalue weighted by Crippen LogP contribution is 2.19. The molecule has 0 aliphatic carbocycles. The van der Waals surface area contributed by atoms with Gasteiger partial charge in [-0.2, -0.15) is 8.42 Å². The number of para-hydroxylation sites is 1. The lowest BCUT2D eigenvalue weighted by Crippen LogP contribution is -2.36. The van der Waals surface area contributed by atoms with Crippen molar-refractivity contribution in [2.45, 2.75) is 6.04 Å². The first kappa shape index (κ1) is 12.9. The van der Waals surface area contributed by atoms with Crippen LogP contribution in [0.4, 0.5) is 5.69 Å². The first-order valence-electron chi connectivity index (χ1n) is 5.03. The van der Waals surface area contributed by atoms with E-state index in [0.29, 0.717) is 5.69 Å². The van der Waals surface area contributed by atoms with Crippen LogP contribution in [0, 0.1) is 0 Å². The van der Waals surface area contributed by atoms with E-state index in [1.54, 1.807) is 30.3 Å². The maximum absolute atomic E-state index is 12.0. The van der Waals surface area contributed by atoms with E-state index in [4.69, 9.17) is 16.8 Å². The fraction of sp³-hybridized carbons (Fsp3) is 0.200. The quantitative estimate of drug-likeness (QED) is 0.608. The zero-order valence-corrected chi connectivity index (χ0v) is 10.7. The van der Waals surface area contributed by atoms with Crippen molar-refractivity contribution in [2.24, 2.45) is 0 Å². The van der Waals surface area contributed by atoms with Gasteiger partial charge in [0, 0.05) is 0 Å². The second-order valence-electron chi connectivity index (χ2n) is 3.76. The smallest absolute Gasteiger partial charge is 0.267 e. The highest BCUT2D eigenvalue weighted by Gasteiger charge is 2.38. The fourth-order valence-electron chi connectivity index (χ4n) is 1.68. The molecular formula is C10H10N2O4S2. The van der Waals surface area contributed by atoms with Gasteiger partial charge in [0.2, 0.25) is 0 Å². The molecule has 0 saturated carbocycles. The van der Waals surface area contributed by atoms with Crippen molar-refractivity contribution in [2.75, 3.05) is 10.7 Å². The van der Waals surface area contributed by atoms with Crippen LogP contribution >= 0.6 is 12.2 Å². The minimum Gasteiger partial charge on any atom is -0.349 e. The molecule has 1 aliphatic rings. The molecule has 0 unspecified atom stereocenters. The number of carbonyl (C=O) groups excluding carboxylic acids is 1. The molecule has 2 rings (SSSR count). The minimum atomic E-state index is -4.24. The van der Waals surface area contributed by atoms with Crippen molar-refractivity contribution < 1.29 is 17.8 Å². The summed E-state index contributed by atoms with van der Waals surface area (Å²) in [6, 6.07) is 7.58. The Labute approximate surface area is 109 Å². The first-order valence-corrected chi connectivity index (χ1v) is 7.05. The number of nitrogens with zero attached hydrogens (tertiary/aromatic N) is 1. The molecule has 18 heavy (non-hydrogen) atoms.